The van der Waals surface area contributed by atoms with Crippen molar-refractivity contribution in [1.29, 1.82) is 0 Å². The summed E-state index contributed by atoms with van der Waals surface area (Å²) >= 11 is 0. The molecule has 0 aliphatic rings. The Hall–Kier alpha value is -3.01. The van der Waals surface area contributed by atoms with Crippen LogP contribution < -0.4 is 10.1 Å². The molecule has 3 rings (SSSR count). The average Bonchev–Trinajstić information content (AvgIpc) is 3.13. The molecule has 0 bridgehead atoms. The number of furan rings is 1. The molecule has 2 aromatic carbocycles. The van der Waals surface area contributed by atoms with Crippen LogP contribution in [0.1, 0.15) is 22.9 Å². The van der Waals surface area contributed by atoms with Gasteiger partial charge in [0.2, 0.25) is 0 Å². The molecular formula is C20H19NO3. The lowest BCUT2D eigenvalue weighted by Crippen LogP contribution is -2.33. The topological polar surface area (TPSA) is 51.5 Å². The summed E-state index contributed by atoms with van der Waals surface area (Å²) in [6.45, 7) is 1.93. The maximum absolute atomic E-state index is 12.3. The maximum atomic E-state index is 12.3. The van der Waals surface area contributed by atoms with E-state index >= 15 is 0 Å². The van der Waals surface area contributed by atoms with Crippen LogP contribution in [0, 0.1) is 6.92 Å². The smallest absolute Gasteiger partial charge is 0.258 e. The molecule has 1 heterocycles. The molecule has 0 radical (unpaired) electrons. The molecule has 0 saturated carbocycles. The van der Waals surface area contributed by atoms with E-state index in [0.717, 1.165) is 11.1 Å². The van der Waals surface area contributed by atoms with Gasteiger partial charge in [0.25, 0.3) is 5.91 Å². The van der Waals surface area contributed by atoms with E-state index in [0.29, 0.717) is 11.5 Å². The first-order valence-corrected chi connectivity index (χ1v) is 7.79. The first-order valence-electron chi connectivity index (χ1n) is 7.79. The summed E-state index contributed by atoms with van der Waals surface area (Å²) in [6.07, 6.45) is 1.60. The Kier molecular flexibility index (Phi) is 4.96. The Morgan fingerprint density at radius 3 is 2.62 bits per heavy atom. The summed E-state index contributed by atoms with van der Waals surface area (Å²) in [5.41, 5.74) is 2.04. The van der Waals surface area contributed by atoms with Crippen molar-refractivity contribution < 1.29 is 13.9 Å². The van der Waals surface area contributed by atoms with Crippen LogP contribution in [0.3, 0.4) is 0 Å². The molecule has 3 aromatic rings. The zero-order valence-electron chi connectivity index (χ0n) is 13.4. The highest BCUT2D eigenvalue weighted by atomic mass is 16.5. The Bertz CT molecular complexity index is 782. The van der Waals surface area contributed by atoms with E-state index < -0.39 is 0 Å². The number of aryl methyl sites for hydroxylation is 1. The fraction of sp³-hybridized carbons (Fsp3) is 0.150. The van der Waals surface area contributed by atoms with Crippen molar-refractivity contribution in [3.05, 3.63) is 89.9 Å². The molecule has 0 spiro atoms. The van der Waals surface area contributed by atoms with Crippen LogP contribution in [0.25, 0.3) is 0 Å². The van der Waals surface area contributed by atoms with Crippen LogP contribution in [0.5, 0.6) is 5.75 Å². The lowest BCUT2D eigenvalue weighted by Gasteiger charge is -2.17. The zero-order chi connectivity index (χ0) is 16.8. The molecule has 0 aliphatic heterocycles. The number of nitrogens with one attached hydrogen (secondary N) is 1. The lowest BCUT2D eigenvalue weighted by atomic mass is 10.0. The molecule has 4 heteroatoms. The highest BCUT2D eigenvalue weighted by Gasteiger charge is 2.19. The molecule has 0 saturated heterocycles. The molecule has 1 N–H and O–H groups in total. The number of hydrogen-bond acceptors (Lipinski definition) is 3. The Morgan fingerprint density at radius 2 is 1.92 bits per heavy atom. The second kappa shape index (κ2) is 7.51. The molecule has 122 valence electrons. The predicted octanol–water partition coefficient (Wildman–Crippen LogP) is 3.87. The number of amides is 1. The molecule has 0 unspecified atom stereocenters. The van der Waals surface area contributed by atoms with Gasteiger partial charge in [0.05, 0.1) is 6.26 Å². The van der Waals surface area contributed by atoms with E-state index in [1.54, 1.807) is 12.3 Å². The summed E-state index contributed by atoms with van der Waals surface area (Å²) in [7, 11) is 0. The van der Waals surface area contributed by atoms with Crippen molar-refractivity contribution in [2.45, 2.75) is 13.0 Å². The van der Waals surface area contributed by atoms with Crippen LogP contribution in [0.4, 0.5) is 0 Å². The molecule has 1 amide bonds. The van der Waals surface area contributed by atoms with Crippen molar-refractivity contribution >= 4 is 5.91 Å². The summed E-state index contributed by atoms with van der Waals surface area (Å²) in [6, 6.07) is 20.6. The van der Waals surface area contributed by atoms with Crippen LogP contribution in [0.15, 0.2) is 77.4 Å². The first kappa shape index (κ1) is 15.9. The maximum Gasteiger partial charge on any atom is 0.258 e. The summed E-state index contributed by atoms with van der Waals surface area (Å²) in [4.78, 5) is 12.3. The molecule has 1 aromatic heterocycles. The van der Waals surface area contributed by atoms with E-state index in [4.69, 9.17) is 9.15 Å². The van der Waals surface area contributed by atoms with Crippen LogP contribution in [-0.2, 0) is 4.79 Å². The van der Waals surface area contributed by atoms with Crippen molar-refractivity contribution in [3.63, 3.8) is 0 Å². The SMILES string of the molecule is Cc1cccc(OCC(=O)N[C@H](c2ccccc2)c2ccco2)c1. The monoisotopic (exact) mass is 321 g/mol. The number of benzene rings is 2. The van der Waals surface area contributed by atoms with E-state index in [-0.39, 0.29) is 18.6 Å². The fourth-order valence-corrected chi connectivity index (χ4v) is 2.48. The van der Waals surface area contributed by atoms with Gasteiger partial charge in [0.15, 0.2) is 6.61 Å². The molecule has 24 heavy (non-hydrogen) atoms. The van der Waals surface area contributed by atoms with Gasteiger partial charge in [-0.05, 0) is 42.3 Å². The third-order valence-electron chi connectivity index (χ3n) is 3.63. The Morgan fingerprint density at radius 1 is 1.08 bits per heavy atom. The molecule has 1 atom stereocenters. The average molecular weight is 321 g/mol. The van der Waals surface area contributed by atoms with Crippen LogP contribution in [0.2, 0.25) is 0 Å². The minimum Gasteiger partial charge on any atom is -0.484 e. The van der Waals surface area contributed by atoms with Crippen molar-refractivity contribution in [2.24, 2.45) is 0 Å². The number of ether oxygens (including phenoxy) is 1. The second-order valence-electron chi connectivity index (χ2n) is 5.53. The van der Waals surface area contributed by atoms with Gasteiger partial charge in [0.1, 0.15) is 17.6 Å². The number of carbonyl (C=O) groups excluding carboxylic acids is 1. The highest BCUT2D eigenvalue weighted by Crippen LogP contribution is 2.22. The van der Waals surface area contributed by atoms with E-state index in [2.05, 4.69) is 5.32 Å². The van der Waals surface area contributed by atoms with Gasteiger partial charge in [-0.1, -0.05) is 42.5 Å². The summed E-state index contributed by atoms with van der Waals surface area (Å²) < 4.78 is 11.0. The number of hydrogen-bond donors (Lipinski definition) is 1. The van der Waals surface area contributed by atoms with Crippen molar-refractivity contribution in [1.82, 2.24) is 5.32 Å². The third kappa shape index (κ3) is 4.04. The quantitative estimate of drug-likeness (QED) is 0.750. The van der Waals surface area contributed by atoms with Gasteiger partial charge >= 0.3 is 0 Å². The van der Waals surface area contributed by atoms with Gasteiger partial charge in [0, 0.05) is 0 Å². The van der Waals surface area contributed by atoms with Gasteiger partial charge in [-0.25, -0.2) is 0 Å². The summed E-state index contributed by atoms with van der Waals surface area (Å²) in [5, 5.41) is 2.96. The zero-order valence-corrected chi connectivity index (χ0v) is 13.4. The fourth-order valence-electron chi connectivity index (χ4n) is 2.48. The van der Waals surface area contributed by atoms with E-state index in [1.165, 1.54) is 0 Å². The minimum absolute atomic E-state index is 0.0481. The lowest BCUT2D eigenvalue weighted by molar-refractivity contribution is -0.123. The van der Waals surface area contributed by atoms with Gasteiger partial charge < -0.3 is 14.5 Å². The standard InChI is InChI=1S/C20H19NO3/c1-15-7-5-10-17(13-15)24-14-19(22)21-20(18-11-6-12-23-18)16-8-3-2-4-9-16/h2-13,20H,14H2,1H3,(H,21,22)/t20-/m1/s1. The predicted molar refractivity (Wildman–Crippen MR) is 91.8 cm³/mol. The van der Waals surface area contributed by atoms with Crippen molar-refractivity contribution in [3.8, 4) is 5.75 Å². The van der Waals surface area contributed by atoms with E-state index in [1.807, 2.05) is 67.6 Å². The molecule has 4 nitrogen and oxygen atoms in total. The normalized spacial score (nSPS) is 11.7. The first-order chi connectivity index (χ1) is 11.7. The van der Waals surface area contributed by atoms with Crippen molar-refractivity contribution in [2.75, 3.05) is 6.61 Å². The third-order valence-corrected chi connectivity index (χ3v) is 3.63. The highest BCUT2D eigenvalue weighted by molar-refractivity contribution is 5.78. The second-order valence-corrected chi connectivity index (χ2v) is 5.53. The minimum atomic E-state index is -0.338. The molecule has 0 fully saturated rings. The number of carbonyl (C=O) groups is 1. The van der Waals surface area contributed by atoms with Crippen LogP contribution >= 0.6 is 0 Å². The van der Waals surface area contributed by atoms with E-state index in [9.17, 15) is 4.79 Å². The number of rotatable bonds is 6. The van der Waals surface area contributed by atoms with Crippen LogP contribution in [-0.4, -0.2) is 12.5 Å². The Labute approximate surface area is 141 Å². The van der Waals surface area contributed by atoms with Gasteiger partial charge in [-0.2, -0.15) is 0 Å². The largest absolute Gasteiger partial charge is 0.484 e. The molecule has 0 aliphatic carbocycles. The van der Waals surface area contributed by atoms with Gasteiger partial charge in [-0.3, -0.25) is 4.79 Å². The Balaban J connectivity index is 1.68. The summed E-state index contributed by atoms with van der Waals surface area (Å²) in [5.74, 6) is 1.16. The van der Waals surface area contributed by atoms with Gasteiger partial charge in [-0.15, -0.1) is 0 Å². The molecular weight excluding hydrogens is 302 g/mol.